The molecule has 6 heteroatoms. The summed E-state index contributed by atoms with van der Waals surface area (Å²) in [6.07, 6.45) is 8.07. The first kappa shape index (κ1) is 19.0. The first-order chi connectivity index (χ1) is 13.5. The zero-order valence-corrected chi connectivity index (χ0v) is 17.3. The van der Waals surface area contributed by atoms with E-state index in [2.05, 4.69) is 15.9 Å². The monoisotopic (exact) mass is 440 g/mol. The van der Waals surface area contributed by atoms with Gasteiger partial charge in [0.25, 0.3) is 0 Å². The van der Waals surface area contributed by atoms with E-state index in [0.717, 1.165) is 19.3 Å². The molecule has 4 fully saturated rings. The molecule has 4 aliphatic carbocycles. The molecule has 0 radical (unpaired) electrons. The van der Waals surface area contributed by atoms with Gasteiger partial charge in [-0.25, -0.2) is 0 Å². The number of nitrogens with zero attached hydrogens (tertiary/aromatic N) is 2. The molecule has 5 rings (SSSR count). The van der Waals surface area contributed by atoms with Crippen molar-refractivity contribution < 1.29 is 14.3 Å². The predicted octanol–water partition coefficient (Wildman–Crippen LogP) is 5.01. The maximum absolute atomic E-state index is 13.2. The summed E-state index contributed by atoms with van der Waals surface area (Å²) in [4.78, 5) is 13.2. The zero-order chi connectivity index (χ0) is 19.9. The molecule has 144 valence electrons. The number of benzene rings is 1. The quantitative estimate of drug-likeness (QED) is 0.373. The highest BCUT2D eigenvalue weighted by molar-refractivity contribution is 9.10. The van der Waals surface area contributed by atoms with Gasteiger partial charge < -0.3 is 9.47 Å². The summed E-state index contributed by atoms with van der Waals surface area (Å²) in [6.45, 7) is 0. The summed E-state index contributed by atoms with van der Waals surface area (Å²) in [6, 6.07) is 7.06. The van der Waals surface area contributed by atoms with Crippen LogP contribution in [0.3, 0.4) is 0 Å². The number of hydrogen-bond donors (Lipinski definition) is 0. The smallest absolute Gasteiger partial charge is 0.317 e. The number of nitriles is 2. The molecule has 4 aliphatic rings. The van der Waals surface area contributed by atoms with Crippen molar-refractivity contribution in [3.63, 3.8) is 0 Å². The van der Waals surface area contributed by atoms with Gasteiger partial charge >= 0.3 is 5.97 Å². The molecule has 0 aromatic heterocycles. The fourth-order valence-electron chi connectivity index (χ4n) is 5.74. The molecule has 5 nitrogen and oxygen atoms in total. The highest BCUT2D eigenvalue weighted by atomic mass is 79.9. The van der Waals surface area contributed by atoms with Crippen LogP contribution in [-0.2, 0) is 4.79 Å². The second-order valence-electron chi connectivity index (χ2n) is 8.40. The van der Waals surface area contributed by atoms with Crippen LogP contribution in [0.15, 0.2) is 22.2 Å². The third kappa shape index (κ3) is 3.31. The molecular weight excluding hydrogens is 420 g/mol. The predicted molar refractivity (Wildman–Crippen MR) is 106 cm³/mol. The Morgan fingerprint density at radius 1 is 1.14 bits per heavy atom. The van der Waals surface area contributed by atoms with E-state index in [9.17, 15) is 4.79 Å². The Bertz CT molecular complexity index is 887. The minimum Gasteiger partial charge on any atom is -0.493 e. The van der Waals surface area contributed by atoms with Crippen LogP contribution >= 0.6 is 15.9 Å². The maximum Gasteiger partial charge on any atom is 0.317 e. The second kappa shape index (κ2) is 7.26. The van der Waals surface area contributed by atoms with Crippen LogP contribution in [0.25, 0.3) is 6.08 Å². The average Bonchev–Trinajstić information content (AvgIpc) is 2.66. The SMILES string of the molecule is COc1cc(C=C(C#N)C#N)cc(Br)c1OC(=O)C12CC3CC(CC(C3)C1)C2. The van der Waals surface area contributed by atoms with Gasteiger partial charge in [0.05, 0.1) is 17.0 Å². The normalized spacial score (nSPS) is 29.5. The van der Waals surface area contributed by atoms with Gasteiger partial charge in [0.15, 0.2) is 11.5 Å². The third-order valence-electron chi connectivity index (χ3n) is 6.47. The molecule has 4 saturated carbocycles. The molecular formula is C22H21BrN2O3. The van der Waals surface area contributed by atoms with Crippen molar-refractivity contribution in [2.24, 2.45) is 23.2 Å². The fraction of sp³-hybridized carbons (Fsp3) is 0.500. The van der Waals surface area contributed by atoms with Gasteiger partial charge in [-0.15, -0.1) is 0 Å². The van der Waals surface area contributed by atoms with Crippen LogP contribution in [0, 0.1) is 45.8 Å². The lowest BCUT2D eigenvalue weighted by Gasteiger charge is -2.55. The Balaban J connectivity index is 1.61. The van der Waals surface area contributed by atoms with E-state index in [0.29, 0.717) is 39.3 Å². The van der Waals surface area contributed by atoms with Gasteiger partial charge in [-0.1, -0.05) is 0 Å². The number of rotatable bonds is 4. The Morgan fingerprint density at radius 3 is 2.21 bits per heavy atom. The number of ether oxygens (including phenoxy) is 2. The molecule has 1 aromatic carbocycles. The molecule has 1 aromatic rings. The van der Waals surface area contributed by atoms with Gasteiger partial charge in [0, 0.05) is 0 Å². The summed E-state index contributed by atoms with van der Waals surface area (Å²) in [5.74, 6) is 2.58. The Kier molecular flexibility index (Phi) is 4.93. The number of allylic oxidation sites excluding steroid dienone is 1. The van der Waals surface area contributed by atoms with Crippen LogP contribution in [0.5, 0.6) is 11.5 Å². The maximum atomic E-state index is 13.2. The molecule has 0 N–H and O–H groups in total. The molecule has 0 spiro atoms. The number of hydrogen-bond acceptors (Lipinski definition) is 5. The van der Waals surface area contributed by atoms with Crippen molar-refractivity contribution in [3.8, 4) is 23.6 Å². The summed E-state index contributed by atoms with van der Waals surface area (Å²) < 4.78 is 11.9. The van der Waals surface area contributed by atoms with Crippen molar-refractivity contribution in [3.05, 3.63) is 27.7 Å². The topological polar surface area (TPSA) is 83.1 Å². The number of esters is 1. The minimum absolute atomic E-state index is 0.00716. The first-order valence-electron chi connectivity index (χ1n) is 9.58. The molecule has 0 amide bonds. The lowest BCUT2D eigenvalue weighted by molar-refractivity contribution is -0.161. The number of carbonyl (C=O) groups excluding carboxylic acids is 1. The Hall–Kier alpha value is -2.31. The van der Waals surface area contributed by atoms with Crippen LogP contribution in [-0.4, -0.2) is 13.1 Å². The highest BCUT2D eigenvalue weighted by Crippen LogP contribution is 2.60. The second-order valence-corrected chi connectivity index (χ2v) is 9.26. The zero-order valence-electron chi connectivity index (χ0n) is 15.7. The van der Waals surface area contributed by atoms with E-state index in [1.807, 2.05) is 12.1 Å². The van der Waals surface area contributed by atoms with Crippen molar-refractivity contribution in [1.82, 2.24) is 0 Å². The lowest BCUT2D eigenvalue weighted by Crippen LogP contribution is -2.51. The van der Waals surface area contributed by atoms with Crippen molar-refractivity contribution in [1.29, 1.82) is 10.5 Å². The minimum atomic E-state index is -0.355. The molecule has 0 saturated heterocycles. The van der Waals surface area contributed by atoms with E-state index in [-0.39, 0.29) is 17.0 Å². The number of carbonyl (C=O) groups is 1. The highest BCUT2D eigenvalue weighted by Gasteiger charge is 2.55. The summed E-state index contributed by atoms with van der Waals surface area (Å²) in [5.41, 5.74) is 0.260. The largest absolute Gasteiger partial charge is 0.493 e. The molecule has 0 heterocycles. The lowest BCUT2D eigenvalue weighted by atomic mass is 9.49. The summed E-state index contributed by atoms with van der Waals surface area (Å²) in [7, 11) is 1.51. The Morgan fingerprint density at radius 2 is 1.71 bits per heavy atom. The van der Waals surface area contributed by atoms with Gasteiger partial charge in [0.2, 0.25) is 0 Å². The van der Waals surface area contributed by atoms with Gasteiger partial charge in [-0.05, 0) is 96.0 Å². The molecule has 4 bridgehead atoms. The van der Waals surface area contributed by atoms with Gasteiger partial charge in [0.1, 0.15) is 17.7 Å². The average molecular weight is 441 g/mol. The standard InChI is InChI=1S/C22H21BrN2O3/c1-27-19-7-13(2-17(11-24)12-25)6-18(23)20(19)28-21(26)22-8-14-3-15(9-22)5-16(4-14)10-22/h2,6-7,14-16H,3-5,8-10H2,1H3. The Labute approximate surface area is 173 Å². The molecule has 0 aliphatic heterocycles. The van der Waals surface area contributed by atoms with Crippen LogP contribution < -0.4 is 9.47 Å². The summed E-state index contributed by atoms with van der Waals surface area (Å²) >= 11 is 3.46. The van der Waals surface area contributed by atoms with Gasteiger partial charge in [-0.2, -0.15) is 10.5 Å². The van der Waals surface area contributed by atoms with Crippen molar-refractivity contribution >= 4 is 28.0 Å². The molecule has 0 unspecified atom stereocenters. The number of halogens is 1. The molecule has 0 atom stereocenters. The third-order valence-corrected chi connectivity index (χ3v) is 7.06. The van der Waals surface area contributed by atoms with Crippen LogP contribution in [0.1, 0.15) is 44.1 Å². The first-order valence-corrected chi connectivity index (χ1v) is 10.4. The molecule has 28 heavy (non-hydrogen) atoms. The summed E-state index contributed by atoms with van der Waals surface area (Å²) in [5, 5.41) is 17.9. The number of methoxy groups -OCH3 is 1. The van der Waals surface area contributed by atoms with E-state index in [1.165, 1.54) is 32.4 Å². The van der Waals surface area contributed by atoms with Gasteiger partial charge in [-0.3, -0.25) is 4.79 Å². The van der Waals surface area contributed by atoms with Crippen LogP contribution in [0.4, 0.5) is 0 Å². The van der Waals surface area contributed by atoms with E-state index >= 15 is 0 Å². The fourth-order valence-corrected chi connectivity index (χ4v) is 6.28. The van der Waals surface area contributed by atoms with Crippen molar-refractivity contribution in [2.75, 3.05) is 7.11 Å². The van der Waals surface area contributed by atoms with E-state index < -0.39 is 0 Å². The van der Waals surface area contributed by atoms with Crippen molar-refractivity contribution in [2.45, 2.75) is 38.5 Å². The van der Waals surface area contributed by atoms with Crippen LogP contribution in [0.2, 0.25) is 0 Å². The van der Waals surface area contributed by atoms with E-state index in [4.69, 9.17) is 20.0 Å². The van der Waals surface area contributed by atoms with E-state index in [1.54, 1.807) is 12.1 Å².